The molecule has 1 aromatic carbocycles. The molecule has 0 amide bonds. The third kappa shape index (κ3) is 3.95. The molecule has 0 fully saturated rings. The van der Waals surface area contributed by atoms with Crippen molar-refractivity contribution in [1.29, 1.82) is 0 Å². The molecule has 0 spiro atoms. The normalized spacial score (nSPS) is 12.2. The first-order chi connectivity index (χ1) is 7.86. The zero-order valence-electron chi connectivity index (χ0n) is 10.6. The lowest BCUT2D eigenvalue weighted by Crippen LogP contribution is -2.42. The van der Waals surface area contributed by atoms with Crippen molar-refractivity contribution in [2.75, 3.05) is 13.6 Å². The van der Waals surface area contributed by atoms with E-state index in [1.54, 1.807) is 12.1 Å². The maximum Gasteiger partial charge on any atom is 0.127 e. The smallest absolute Gasteiger partial charge is 0.127 e. The van der Waals surface area contributed by atoms with Crippen LogP contribution in [0.15, 0.2) is 18.2 Å². The number of halogens is 2. The van der Waals surface area contributed by atoms with Crippen LogP contribution in [-0.4, -0.2) is 24.0 Å². The standard InChI is InChI=1S/C13H20ClFN2/c1-13(2,6-7-16)17(3)9-10-8-11(14)4-5-12(10)15/h4-5,8H,6-7,9,16H2,1-3H3. The maximum absolute atomic E-state index is 13.6. The Morgan fingerprint density at radius 1 is 1.41 bits per heavy atom. The van der Waals surface area contributed by atoms with Crippen LogP contribution in [-0.2, 0) is 6.54 Å². The van der Waals surface area contributed by atoms with Gasteiger partial charge >= 0.3 is 0 Å². The van der Waals surface area contributed by atoms with Crippen molar-refractivity contribution in [3.63, 3.8) is 0 Å². The monoisotopic (exact) mass is 258 g/mol. The predicted octanol–water partition coefficient (Wildman–Crippen LogP) is 3.04. The maximum atomic E-state index is 13.6. The molecular weight excluding hydrogens is 239 g/mol. The van der Waals surface area contributed by atoms with Crippen molar-refractivity contribution < 1.29 is 4.39 Å². The average molecular weight is 259 g/mol. The van der Waals surface area contributed by atoms with Gasteiger partial charge in [0, 0.05) is 22.7 Å². The van der Waals surface area contributed by atoms with Crippen LogP contribution in [0.1, 0.15) is 25.8 Å². The van der Waals surface area contributed by atoms with Gasteiger partial charge in [0.2, 0.25) is 0 Å². The van der Waals surface area contributed by atoms with Crippen LogP contribution in [0, 0.1) is 5.82 Å². The summed E-state index contributed by atoms with van der Waals surface area (Å²) in [4.78, 5) is 2.09. The highest BCUT2D eigenvalue weighted by Crippen LogP contribution is 2.22. The molecule has 0 aliphatic rings. The molecule has 17 heavy (non-hydrogen) atoms. The van der Waals surface area contributed by atoms with Gasteiger partial charge in [0.25, 0.3) is 0 Å². The first kappa shape index (κ1) is 14.4. The highest BCUT2D eigenvalue weighted by Gasteiger charge is 2.23. The summed E-state index contributed by atoms with van der Waals surface area (Å²) in [6.45, 7) is 5.35. The molecule has 0 atom stereocenters. The highest BCUT2D eigenvalue weighted by molar-refractivity contribution is 6.30. The molecule has 1 rings (SSSR count). The average Bonchev–Trinajstić information content (AvgIpc) is 2.23. The Morgan fingerprint density at radius 3 is 2.65 bits per heavy atom. The Bertz CT molecular complexity index is 380. The number of nitrogens with two attached hydrogens (primary N) is 1. The summed E-state index contributed by atoms with van der Waals surface area (Å²) in [6.07, 6.45) is 0.867. The van der Waals surface area contributed by atoms with Crippen molar-refractivity contribution in [2.45, 2.75) is 32.4 Å². The number of hydrogen-bond donors (Lipinski definition) is 1. The quantitative estimate of drug-likeness (QED) is 0.880. The summed E-state index contributed by atoms with van der Waals surface area (Å²) in [6, 6.07) is 4.64. The van der Waals surface area contributed by atoms with E-state index in [9.17, 15) is 4.39 Å². The topological polar surface area (TPSA) is 29.3 Å². The van der Waals surface area contributed by atoms with Gasteiger partial charge in [-0.1, -0.05) is 11.6 Å². The minimum atomic E-state index is -0.218. The van der Waals surface area contributed by atoms with Crippen LogP contribution >= 0.6 is 11.6 Å². The Morgan fingerprint density at radius 2 is 2.06 bits per heavy atom. The molecule has 0 bridgehead atoms. The van der Waals surface area contributed by atoms with Crippen LogP contribution in [0.4, 0.5) is 4.39 Å². The van der Waals surface area contributed by atoms with Gasteiger partial charge in [-0.05, 0) is 52.1 Å². The lowest BCUT2D eigenvalue weighted by Gasteiger charge is -2.35. The first-order valence-corrected chi connectivity index (χ1v) is 6.10. The van der Waals surface area contributed by atoms with Gasteiger partial charge in [-0.2, -0.15) is 0 Å². The fraction of sp³-hybridized carbons (Fsp3) is 0.538. The summed E-state index contributed by atoms with van der Waals surface area (Å²) >= 11 is 5.87. The van der Waals surface area contributed by atoms with Gasteiger partial charge in [-0.3, -0.25) is 4.90 Å². The van der Waals surface area contributed by atoms with Gasteiger partial charge in [-0.25, -0.2) is 4.39 Å². The van der Waals surface area contributed by atoms with E-state index in [4.69, 9.17) is 17.3 Å². The first-order valence-electron chi connectivity index (χ1n) is 5.72. The molecule has 0 aliphatic heterocycles. The van der Waals surface area contributed by atoms with E-state index in [-0.39, 0.29) is 11.4 Å². The predicted molar refractivity (Wildman–Crippen MR) is 70.6 cm³/mol. The van der Waals surface area contributed by atoms with Gasteiger partial charge in [-0.15, -0.1) is 0 Å². The number of hydrogen-bond acceptors (Lipinski definition) is 2. The van der Waals surface area contributed by atoms with Crippen LogP contribution in [0.3, 0.4) is 0 Å². The van der Waals surface area contributed by atoms with Gasteiger partial charge < -0.3 is 5.73 Å². The SMILES string of the molecule is CN(Cc1cc(Cl)ccc1F)C(C)(C)CCN. The van der Waals surface area contributed by atoms with Gasteiger partial charge in [0.15, 0.2) is 0 Å². The molecule has 0 heterocycles. The minimum absolute atomic E-state index is 0.0521. The largest absolute Gasteiger partial charge is 0.330 e. The molecule has 1 aromatic rings. The van der Waals surface area contributed by atoms with Crippen LogP contribution < -0.4 is 5.73 Å². The fourth-order valence-corrected chi connectivity index (χ4v) is 1.87. The third-order valence-electron chi connectivity index (χ3n) is 3.20. The van der Waals surface area contributed by atoms with E-state index in [2.05, 4.69) is 18.7 Å². The van der Waals surface area contributed by atoms with Crippen LogP contribution in [0.5, 0.6) is 0 Å². The summed E-state index contributed by atoms with van der Waals surface area (Å²) in [5, 5.41) is 0.562. The molecule has 0 aromatic heterocycles. The summed E-state index contributed by atoms with van der Waals surface area (Å²) in [5.74, 6) is -0.218. The summed E-state index contributed by atoms with van der Waals surface area (Å²) in [7, 11) is 1.97. The van der Waals surface area contributed by atoms with E-state index >= 15 is 0 Å². The zero-order chi connectivity index (χ0) is 13.1. The summed E-state index contributed by atoms with van der Waals surface area (Å²) in [5.41, 5.74) is 6.14. The lowest BCUT2D eigenvalue weighted by molar-refractivity contribution is 0.138. The third-order valence-corrected chi connectivity index (χ3v) is 3.44. The molecule has 2 nitrogen and oxygen atoms in total. The molecular formula is C13H20ClFN2. The Balaban J connectivity index is 2.80. The second kappa shape index (κ2) is 5.80. The molecule has 96 valence electrons. The van der Waals surface area contributed by atoms with Crippen LogP contribution in [0.2, 0.25) is 5.02 Å². The van der Waals surface area contributed by atoms with Crippen LogP contribution in [0.25, 0.3) is 0 Å². The molecule has 0 radical (unpaired) electrons. The minimum Gasteiger partial charge on any atom is -0.330 e. The zero-order valence-corrected chi connectivity index (χ0v) is 11.4. The van der Waals surface area contributed by atoms with E-state index in [1.165, 1.54) is 6.07 Å². The summed E-state index contributed by atoms with van der Waals surface area (Å²) < 4.78 is 13.6. The Labute approximate surface area is 108 Å². The number of nitrogens with zero attached hydrogens (tertiary/aromatic N) is 1. The molecule has 0 saturated carbocycles. The van der Waals surface area contributed by atoms with Crippen molar-refractivity contribution >= 4 is 11.6 Å². The van der Waals surface area contributed by atoms with Crippen molar-refractivity contribution in [2.24, 2.45) is 5.73 Å². The van der Waals surface area contributed by atoms with Crippen molar-refractivity contribution in [3.8, 4) is 0 Å². The Hall–Kier alpha value is -0.640. The highest BCUT2D eigenvalue weighted by atomic mass is 35.5. The van der Waals surface area contributed by atoms with E-state index in [0.717, 1.165) is 6.42 Å². The second-order valence-electron chi connectivity index (χ2n) is 4.94. The molecule has 0 aliphatic carbocycles. The molecule has 0 saturated heterocycles. The number of rotatable bonds is 5. The molecule has 0 unspecified atom stereocenters. The van der Waals surface area contributed by atoms with Crippen molar-refractivity contribution in [3.05, 3.63) is 34.6 Å². The van der Waals surface area contributed by atoms with Crippen molar-refractivity contribution in [1.82, 2.24) is 4.90 Å². The van der Waals surface area contributed by atoms with E-state index in [1.807, 2.05) is 7.05 Å². The van der Waals surface area contributed by atoms with Gasteiger partial charge in [0.1, 0.15) is 5.82 Å². The molecule has 4 heteroatoms. The fourth-order valence-electron chi connectivity index (χ4n) is 1.68. The lowest BCUT2D eigenvalue weighted by atomic mass is 9.98. The van der Waals surface area contributed by atoms with E-state index in [0.29, 0.717) is 23.7 Å². The second-order valence-corrected chi connectivity index (χ2v) is 5.38. The number of benzene rings is 1. The van der Waals surface area contributed by atoms with E-state index < -0.39 is 0 Å². The van der Waals surface area contributed by atoms with Gasteiger partial charge in [0.05, 0.1) is 0 Å². The Kier molecular flexibility index (Phi) is 4.92. The molecule has 2 N–H and O–H groups in total.